The standard InChI is InChI=1S/C12H22N2S/c1-9(2)6-5-7-15-12-13-8-11(14-12)10(3)4/h8-10H,5-7H2,1-4H3,(H,13,14). The number of H-pyrrole nitrogens is 1. The Bertz CT molecular complexity index is 279. The molecule has 2 nitrogen and oxygen atoms in total. The molecule has 0 bridgehead atoms. The highest BCUT2D eigenvalue weighted by molar-refractivity contribution is 7.99. The van der Waals surface area contributed by atoms with Gasteiger partial charge in [-0.3, -0.25) is 0 Å². The molecule has 86 valence electrons. The Hall–Kier alpha value is -0.440. The highest BCUT2D eigenvalue weighted by atomic mass is 32.2. The molecule has 0 fully saturated rings. The lowest BCUT2D eigenvalue weighted by Gasteiger charge is -2.02. The van der Waals surface area contributed by atoms with Gasteiger partial charge in [-0.05, 0) is 18.3 Å². The van der Waals surface area contributed by atoms with E-state index in [1.807, 2.05) is 18.0 Å². The fraction of sp³-hybridized carbons (Fsp3) is 0.750. The van der Waals surface area contributed by atoms with Crippen LogP contribution in [0.5, 0.6) is 0 Å². The molecular formula is C12H22N2S. The zero-order valence-electron chi connectivity index (χ0n) is 10.2. The van der Waals surface area contributed by atoms with Gasteiger partial charge in [-0.15, -0.1) is 0 Å². The summed E-state index contributed by atoms with van der Waals surface area (Å²) in [7, 11) is 0. The fourth-order valence-corrected chi connectivity index (χ4v) is 2.16. The van der Waals surface area contributed by atoms with Crippen molar-refractivity contribution in [3.63, 3.8) is 0 Å². The summed E-state index contributed by atoms with van der Waals surface area (Å²) in [5.41, 5.74) is 1.24. The van der Waals surface area contributed by atoms with Gasteiger partial charge in [-0.25, -0.2) is 4.98 Å². The molecule has 0 spiro atoms. The van der Waals surface area contributed by atoms with Crippen LogP contribution in [0.1, 0.15) is 52.1 Å². The quantitative estimate of drug-likeness (QED) is 0.585. The van der Waals surface area contributed by atoms with E-state index in [0.717, 1.165) is 11.1 Å². The molecule has 15 heavy (non-hydrogen) atoms. The molecule has 0 aromatic carbocycles. The van der Waals surface area contributed by atoms with E-state index in [4.69, 9.17) is 0 Å². The number of rotatable bonds is 6. The summed E-state index contributed by atoms with van der Waals surface area (Å²) in [6, 6.07) is 0. The van der Waals surface area contributed by atoms with Crippen LogP contribution in [0.25, 0.3) is 0 Å². The van der Waals surface area contributed by atoms with Gasteiger partial charge in [0.15, 0.2) is 5.16 Å². The van der Waals surface area contributed by atoms with Crippen molar-refractivity contribution in [2.75, 3.05) is 5.75 Å². The predicted molar refractivity (Wildman–Crippen MR) is 67.5 cm³/mol. The first-order chi connectivity index (χ1) is 7.09. The summed E-state index contributed by atoms with van der Waals surface area (Å²) >= 11 is 1.83. The van der Waals surface area contributed by atoms with Crippen molar-refractivity contribution in [1.29, 1.82) is 0 Å². The summed E-state index contributed by atoms with van der Waals surface area (Å²) in [5.74, 6) is 2.53. The van der Waals surface area contributed by atoms with E-state index in [9.17, 15) is 0 Å². The van der Waals surface area contributed by atoms with Crippen LogP contribution in [0.3, 0.4) is 0 Å². The average molecular weight is 226 g/mol. The second-order valence-corrected chi connectivity index (χ2v) is 5.77. The van der Waals surface area contributed by atoms with E-state index < -0.39 is 0 Å². The van der Waals surface area contributed by atoms with Crippen LogP contribution in [0.15, 0.2) is 11.4 Å². The van der Waals surface area contributed by atoms with E-state index in [1.165, 1.54) is 24.3 Å². The number of thioether (sulfide) groups is 1. The number of nitrogens with one attached hydrogen (secondary N) is 1. The predicted octanol–water partition coefficient (Wildman–Crippen LogP) is 4.06. The lowest BCUT2D eigenvalue weighted by atomic mass is 10.1. The first kappa shape index (κ1) is 12.6. The van der Waals surface area contributed by atoms with Crippen LogP contribution >= 0.6 is 11.8 Å². The second-order valence-electron chi connectivity index (χ2n) is 4.68. The van der Waals surface area contributed by atoms with Gasteiger partial charge in [0.2, 0.25) is 0 Å². The molecule has 0 aliphatic carbocycles. The molecule has 0 aliphatic heterocycles. The minimum absolute atomic E-state index is 0.544. The maximum atomic E-state index is 4.36. The van der Waals surface area contributed by atoms with Gasteiger partial charge in [0, 0.05) is 17.6 Å². The van der Waals surface area contributed by atoms with E-state index in [-0.39, 0.29) is 0 Å². The van der Waals surface area contributed by atoms with Crippen LogP contribution in [0.2, 0.25) is 0 Å². The van der Waals surface area contributed by atoms with Gasteiger partial charge >= 0.3 is 0 Å². The van der Waals surface area contributed by atoms with Crippen LogP contribution in [-0.4, -0.2) is 15.7 Å². The Kier molecular flexibility index (Phi) is 5.23. The van der Waals surface area contributed by atoms with Gasteiger partial charge < -0.3 is 4.98 Å². The van der Waals surface area contributed by atoms with E-state index in [0.29, 0.717) is 5.92 Å². The summed E-state index contributed by atoms with van der Waals surface area (Å²) in [6.45, 7) is 8.91. The molecule has 0 unspecified atom stereocenters. The molecule has 3 heteroatoms. The molecule has 0 atom stereocenters. The molecule has 0 saturated heterocycles. The normalized spacial score (nSPS) is 11.6. The van der Waals surface area contributed by atoms with Gasteiger partial charge in [0.25, 0.3) is 0 Å². The van der Waals surface area contributed by atoms with E-state index in [1.54, 1.807) is 0 Å². The van der Waals surface area contributed by atoms with Crippen molar-refractivity contribution in [2.24, 2.45) is 5.92 Å². The van der Waals surface area contributed by atoms with Crippen molar-refractivity contribution in [2.45, 2.75) is 51.6 Å². The maximum Gasteiger partial charge on any atom is 0.165 e. The van der Waals surface area contributed by atoms with Crippen molar-refractivity contribution in [3.8, 4) is 0 Å². The minimum atomic E-state index is 0.544. The second kappa shape index (κ2) is 6.21. The molecule has 0 amide bonds. The Balaban J connectivity index is 2.26. The average Bonchev–Trinajstić information content (AvgIpc) is 2.60. The van der Waals surface area contributed by atoms with Crippen LogP contribution in [0.4, 0.5) is 0 Å². The zero-order valence-corrected chi connectivity index (χ0v) is 11.0. The number of hydrogen-bond acceptors (Lipinski definition) is 2. The monoisotopic (exact) mass is 226 g/mol. The molecule has 1 aromatic heterocycles. The van der Waals surface area contributed by atoms with Crippen LogP contribution in [0, 0.1) is 5.92 Å². The van der Waals surface area contributed by atoms with Crippen molar-refractivity contribution in [1.82, 2.24) is 9.97 Å². The molecule has 0 aliphatic rings. The molecule has 0 saturated carbocycles. The summed E-state index contributed by atoms with van der Waals surface area (Å²) < 4.78 is 0. The molecule has 1 heterocycles. The largest absolute Gasteiger partial charge is 0.337 e. The van der Waals surface area contributed by atoms with Gasteiger partial charge in [-0.1, -0.05) is 45.9 Å². The first-order valence-corrected chi connectivity index (χ1v) is 6.76. The molecule has 1 aromatic rings. The summed E-state index contributed by atoms with van der Waals surface area (Å²) in [6.07, 6.45) is 4.54. The van der Waals surface area contributed by atoms with Crippen molar-refractivity contribution >= 4 is 11.8 Å². The first-order valence-electron chi connectivity index (χ1n) is 5.77. The third-order valence-electron chi connectivity index (χ3n) is 2.36. The Morgan fingerprint density at radius 1 is 1.33 bits per heavy atom. The molecule has 1 N–H and O–H groups in total. The fourth-order valence-electron chi connectivity index (χ4n) is 1.34. The number of hydrogen-bond donors (Lipinski definition) is 1. The SMILES string of the molecule is CC(C)CCCSc1ncc(C(C)C)[nH]1. The van der Waals surface area contributed by atoms with Gasteiger partial charge in [0.1, 0.15) is 0 Å². The lowest BCUT2D eigenvalue weighted by molar-refractivity contribution is 0.579. The minimum Gasteiger partial charge on any atom is -0.337 e. The third-order valence-corrected chi connectivity index (χ3v) is 3.33. The number of imidazole rings is 1. The van der Waals surface area contributed by atoms with E-state index in [2.05, 4.69) is 37.7 Å². The maximum absolute atomic E-state index is 4.36. The molecule has 0 radical (unpaired) electrons. The van der Waals surface area contributed by atoms with Crippen molar-refractivity contribution < 1.29 is 0 Å². The summed E-state index contributed by atoms with van der Waals surface area (Å²) in [4.78, 5) is 7.71. The number of nitrogens with zero attached hydrogens (tertiary/aromatic N) is 1. The lowest BCUT2D eigenvalue weighted by Crippen LogP contribution is -1.90. The van der Waals surface area contributed by atoms with E-state index >= 15 is 0 Å². The van der Waals surface area contributed by atoms with Crippen molar-refractivity contribution in [3.05, 3.63) is 11.9 Å². The molecule has 1 rings (SSSR count). The van der Waals surface area contributed by atoms with Crippen LogP contribution < -0.4 is 0 Å². The smallest absolute Gasteiger partial charge is 0.165 e. The highest BCUT2D eigenvalue weighted by Crippen LogP contribution is 2.19. The zero-order chi connectivity index (χ0) is 11.3. The number of aromatic nitrogens is 2. The van der Waals surface area contributed by atoms with Gasteiger partial charge in [0.05, 0.1) is 0 Å². The van der Waals surface area contributed by atoms with Gasteiger partial charge in [-0.2, -0.15) is 0 Å². The Labute approximate surface area is 97.3 Å². The highest BCUT2D eigenvalue weighted by Gasteiger charge is 2.04. The van der Waals surface area contributed by atoms with Crippen LogP contribution in [-0.2, 0) is 0 Å². The topological polar surface area (TPSA) is 28.7 Å². The Morgan fingerprint density at radius 2 is 2.07 bits per heavy atom. The summed E-state index contributed by atoms with van der Waals surface area (Å²) in [5, 5.41) is 1.07. The Morgan fingerprint density at radius 3 is 2.60 bits per heavy atom. The number of aromatic amines is 1. The molecular weight excluding hydrogens is 204 g/mol. The third kappa shape index (κ3) is 4.74.